The number of hydrogen-bond acceptors (Lipinski definition) is 2. The topological polar surface area (TPSA) is 36.0 Å². The molecule has 0 saturated heterocycles. The first-order valence-corrected chi connectivity index (χ1v) is 7.19. The molecular weight excluding hydrogens is 273 g/mol. The Kier molecular flexibility index (Phi) is 3.51. The molecule has 0 radical (unpaired) electrons. The fourth-order valence-electron chi connectivity index (χ4n) is 2.17. The third-order valence-electron chi connectivity index (χ3n) is 3.16. The van der Waals surface area contributed by atoms with Gasteiger partial charge in [0.1, 0.15) is 5.82 Å². The minimum atomic E-state index is -0.697. The summed E-state index contributed by atoms with van der Waals surface area (Å²) in [5, 5.41) is 11.7. The Balaban J connectivity index is 2.02. The van der Waals surface area contributed by atoms with Crippen LogP contribution in [-0.4, -0.2) is 10.1 Å². The molecule has 2 N–H and O–H groups in total. The maximum absolute atomic E-state index is 14.0. The molecule has 0 saturated carbocycles. The van der Waals surface area contributed by atoms with Crippen LogP contribution in [0, 0.1) is 5.82 Å². The van der Waals surface area contributed by atoms with E-state index in [1.54, 1.807) is 19.1 Å². The Morgan fingerprint density at radius 1 is 1.15 bits per heavy atom. The SMILES string of the molecule is CC(O)c1cccc(F)c1Sc1cc2ccccc2[nH]1. The number of benzene rings is 2. The summed E-state index contributed by atoms with van der Waals surface area (Å²) in [5.41, 5.74) is 1.62. The zero-order chi connectivity index (χ0) is 14.1. The normalized spacial score (nSPS) is 12.8. The molecule has 1 atom stereocenters. The smallest absolute Gasteiger partial charge is 0.137 e. The van der Waals surface area contributed by atoms with Gasteiger partial charge >= 0.3 is 0 Å². The Labute approximate surface area is 120 Å². The molecule has 0 aliphatic rings. The van der Waals surface area contributed by atoms with Gasteiger partial charge in [0.15, 0.2) is 0 Å². The van der Waals surface area contributed by atoms with Gasteiger partial charge < -0.3 is 10.1 Å². The molecule has 1 heterocycles. The van der Waals surface area contributed by atoms with Crippen LogP contribution in [0.2, 0.25) is 0 Å². The molecule has 0 aliphatic carbocycles. The fraction of sp³-hybridized carbons (Fsp3) is 0.125. The molecule has 2 aromatic carbocycles. The summed E-state index contributed by atoms with van der Waals surface area (Å²) in [7, 11) is 0. The first-order chi connectivity index (χ1) is 9.65. The highest BCUT2D eigenvalue weighted by molar-refractivity contribution is 7.99. The van der Waals surface area contributed by atoms with Gasteiger partial charge in [0.05, 0.1) is 16.0 Å². The number of para-hydroxylation sites is 1. The minimum absolute atomic E-state index is 0.313. The second-order valence-corrected chi connectivity index (χ2v) is 5.71. The molecule has 0 amide bonds. The van der Waals surface area contributed by atoms with Crippen molar-refractivity contribution in [3.05, 3.63) is 59.9 Å². The van der Waals surface area contributed by atoms with Crippen molar-refractivity contribution in [2.45, 2.75) is 22.9 Å². The fourth-order valence-corrected chi connectivity index (χ4v) is 3.26. The van der Waals surface area contributed by atoms with E-state index < -0.39 is 6.10 Å². The van der Waals surface area contributed by atoms with Gasteiger partial charge in [-0.15, -0.1) is 0 Å². The summed E-state index contributed by atoms with van der Waals surface area (Å²) in [4.78, 5) is 3.72. The highest BCUT2D eigenvalue weighted by Crippen LogP contribution is 2.36. The first-order valence-electron chi connectivity index (χ1n) is 6.37. The average molecular weight is 287 g/mol. The van der Waals surface area contributed by atoms with Gasteiger partial charge in [-0.2, -0.15) is 0 Å². The van der Waals surface area contributed by atoms with Crippen molar-refractivity contribution in [2.75, 3.05) is 0 Å². The predicted molar refractivity (Wildman–Crippen MR) is 79.5 cm³/mol. The van der Waals surface area contributed by atoms with Crippen LogP contribution in [0.5, 0.6) is 0 Å². The Morgan fingerprint density at radius 2 is 1.95 bits per heavy atom. The monoisotopic (exact) mass is 287 g/mol. The van der Waals surface area contributed by atoms with Gasteiger partial charge in [-0.1, -0.05) is 42.1 Å². The quantitative estimate of drug-likeness (QED) is 0.743. The van der Waals surface area contributed by atoms with E-state index in [0.717, 1.165) is 15.9 Å². The lowest BCUT2D eigenvalue weighted by atomic mass is 10.1. The number of halogens is 1. The molecule has 0 bridgehead atoms. The summed E-state index contributed by atoms with van der Waals surface area (Å²) in [6.45, 7) is 1.64. The van der Waals surface area contributed by atoms with E-state index in [0.29, 0.717) is 10.5 Å². The van der Waals surface area contributed by atoms with Crippen LogP contribution in [0.3, 0.4) is 0 Å². The minimum Gasteiger partial charge on any atom is -0.389 e. The molecule has 1 aromatic heterocycles. The summed E-state index contributed by atoms with van der Waals surface area (Å²) in [5.74, 6) is -0.313. The number of H-pyrrole nitrogens is 1. The Bertz CT molecular complexity index is 718. The van der Waals surface area contributed by atoms with Gasteiger partial charge in [0, 0.05) is 10.9 Å². The third-order valence-corrected chi connectivity index (χ3v) is 4.24. The molecule has 3 aromatic rings. The van der Waals surface area contributed by atoms with Gasteiger partial charge in [-0.25, -0.2) is 4.39 Å². The number of fused-ring (bicyclic) bond motifs is 1. The zero-order valence-corrected chi connectivity index (χ0v) is 11.7. The van der Waals surface area contributed by atoms with E-state index >= 15 is 0 Å². The maximum Gasteiger partial charge on any atom is 0.137 e. The standard InChI is InChI=1S/C16H14FNOS/c1-10(19)12-6-4-7-13(17)16(12)20-15-9-11-5-2-3-8-14(11)18-15/h2-10,18-19H,1H3. The number of aliphatic hydroxyl groups excluding tert-OH is 1. The van der Waals surface area contributed by atoms with Crippen molar-refractivity contribution < 1.29 is 9.50 Å². The lowest BCUT2D eigenvalue weighted by molar-refractivity contribution is 0.195. The lowest BCUT2D eigenvalue weighted by Crippen LogP contribution is -1.96. The summed E-state index contributed by atoms with van der Waals surface area (Å²) in [6.07, 6.45) is -0.697. The van der Waals surface area contributed by atoms with E-state index in [9.17, 15) is 9.50 Å². The van der Waals surface area contributed by atoms with Gasteiger partial charge in [0.2, 0.25) is 0 Å². The zero-order valence-electron chi connectivity index (χ0n) is 10.9. The second-order valence-electron chi connectivity index (χ2n) is 4.66. The van der Waals surface area contributed by atoms with Crippen LogP contribution in [0.15, 0.2) is 58.5 Å². The predicted octanol–water partition coefficient (Wildman–Crippen LogP) is 4.51. The average Bonchev–Trinajstić information content (AvgIpc) is 2.83. The third kappa shape index (κ3) is 2.44. The van der Waals surface area contributed by atoms with Crippen LogP contribution < -0.4 is 0 Å². The van der Waals surface area contributed by atoms with Crippen molar-refractivity contribution in [3.63, 3.8) is 0 Å². The van der Waals surface area contributed by atoms with E-state index in [1.165, 1.54) is 17.8 Å². The van der Waals surface area contributed by atoms with Crippen LogP contribution >= 0.6 is 11.8 Å². The van der Waals surface area contributed by atoms with Crippen molar-refractivity contribution >= 4 is 22.7 Å². The van der Waals surface area contributed by atoms with Crippen LogP contribution in [0.1, 0.15) is 18.6 Å². The number of rotatable bonds is 3. The number of aromatic nitrogens is 1. The lowest BCUT2D eigenvalue weighted by Gasteiger charge is -2.11. The summed E-state index contributed by atoms with van der Waals surface area (Å²) in [6, 6.07) is 14.7. The first kappa shape index (κ1) is 13.2. The van der Waals surface area contributed by atoms with Crippen molar-refractivity contribution in [1.29, 1.82) is 0 Å². The molecular formula is C16H14FNOS. The molecule has 1 unspecified atom stereocenters. The van der Waals surface area contributed by atoms with E-state index in [1.807, 2.05) is 30.3 Å². The van der Waals surface area contributed by atoms with Crippen LogP contribution in [0.25, 0.3) is 10.9 Å². The van der Waals surface area contributed by atoms with Crippen molar-refractivity contribution in [1.82, 2.24) is 4.98 Å². The van der Waals surface area contributed by atoms with Gasteiger partial charge in [-0.05, 0) is 30.7 Å². The second kappa shape index (κ2) is 5.31. The van der Waals surface area contributed by atoms with Crippen molar-refractivity contribution in [3.8, 4) is 0 Å². The molecule has 4 heteroatoms. The van der Waals surface area contributed by atoms with Crippen LogP contribution in [-0.2, 0) is 0 Å². The Morgan fingerprint density at radius 3 is 2.70 bits per heavy atom. The molecule has 0 fully saturated rings. The Hall–Kier alpha value is -1.78. The molecule has 102 valence electrons. The molecule has 0 spiro atoms. The largest absolute Gasteiger partial charge is 0.389 e. The van der Waals surface area contributed by atoms with E-state index in [-0.39, 0.29) is 5.82 Å². The van der Waals surface area contributed by atoms with Gasteiger partial charge in [-0.3, -0.25) is 0 Å². The van der Waals surface area contributed by atoms with E-state index in [4.69, 9.17) is 0 Å². The van der Waals surface area contributed by atoms with Crippen LogP contribution in [0.4, 0.5) is 4.39 Å². The molecule has 3 rings (SSSR count). The van der Waals surface area contributed by atoms with Crippen molar-refractivity contribution in [2.24, 2.45) is 0 Å². The number of hydrogen-bond donors (Lipinski definition) is 2. The highest BCUT2D eigenvalue weighted by atomic mass is 32.2. The summed E-state index contributed by atoms with van der Waals surface area (Å²) < 4.78 is 14.0. The van der Waals surface area contributed by atoms with E-state index in [2.05, 4.69) is 4.98 Å². The molecule has 20 heavy (non-hydrogen) atoms. The number of aliphatic hydroxyl groups is 1. The number of aromatic amines is 1. The molecule has 2 nitrogen and oxygen atoms in total. The van der Waals surface area contributed by atoms with Gasteiger partial charge in [0.25, 0.3) is 0 Å². The number of nitrogens with one attached hydrogen (secondary N) is 1. The summed E-state index contributed by atoms with van der Waals surface area (Å²) >= 11 is 1.30. The maximum atomic E-state index is 14.0. The highest BCUT2D eigenvalue weighted by Gasteiger charge is 2.14. The molecule has 0 aliphatic heterocycles.